The number of nitrogens with one attached hydrogen (secondary N) is 1. The van der Waals surface area contributed by atoms with Crippen LogP contribution in [0.4, 0.5) is 5.69 Å². The maximum atomic E-state index is 11.8. The van der Waals surface area contributed by atoms with Gasteiger partial charge in [0, 0.05) is 4.47 Å². The van der Waals surface area contributed by atoms with Crippen LogP contribution in [0.3, 0.4) is 0 Å². The molecule has 0 fully saturated rings. The Balaban J connectivity index is 1.99. The van der Waals surface area contributed by atoms with E-state index >= 15 is 0 Å². The van der Waals surface area contributed by atoms with Crippen LogP contribution in [0, 0.1) is 0 Å². The summed E-state index contributed by atoms with van der Waals surface area (Å²) in [5.74, 6) is -1.31. The standard InChI is InChI=1S/C15H12BrNO4/c16-11-6-2-3-7-12(11)17-14(18)9-21-13-8-4-1-5-10(13)15(19)20/h1-8H,9H2,(H,17,18)(H,19,20). The number of benzene rings is 2. The predicted molar refractivity (Wildman–Crippen MR) is 81.7 cm³/mol. The van der Waals surface area contributed by atoms with Crippen molar-refractivity contribution < 1.29 is 19.4 Å². The molecule has 2 aromatic carbocycles. The molecule has 0 saturated carbocycles. The molecule has 108 valence electrons. The molecule has 2 N–H and O–H groups in total. The van der Waals surface area contributed by atoms with E-state index in [4.69, 9.17) is 9.84 Å². The van der Waals surface area contributed by atoms with Gasteiger partial charge in [0.2, 0.25) is 0 Å². The van der Waals surface area contributed by atoms with Crippen molar-refractivity contribution in [1.82, 2.24) is 0 Å². The molecule has 0 unspecified atom stereocenters. The van der Waals surface area contributed by atoms with Gasteiger partial charge in [-0.15, -0.1) is 0 Å². The van der Waals surface area contributed by atoms with Crippen LogP contribution in [-0.4, -0.2) is 23.6 Å². The zero-order valence-electron chi connectivity index (χ0n) is 10.9. The van der Waals surface area contributed by atoms with Crippen molar-refractivity contribution in [2.45, 2.75) is 0 Å². The molecular weight excluding hydrogens is 338 g/mol. The van der Waals surface area contributed by atoms with Crippen molar-refractivity contribution in [3.05, 3.63) is 58.6 Å². The third kappa shape index (κ3) is 4.06. The molecule has 2 rings (SSSR count). The fourth-order valence-corrected chi connectivity index (χ4v) is 2.05. The number of hydrogen-bond donors (Lipinski definition) is 2. The van der Waals surface area contributed by atoms with Crippen molar-refractivity contribution in [3.8, 4) is 5.75 Å². The first-order chi connectivity index (χ1) is 10.1. The Morgan fingerprint density at radius 3 is 2.48 bits per heavy atom. The Morgan fingerprint density at radius 2 is 1.76 bits per heavy atom. The third-order valence-corrected chi connectivity index (χ3v) is 3.32. The lowest BCUT2D eigenvalue weighted by Gasteiger charge is -2.10. The van der Waals surface area contributed by atoms with E-state index in [0.717, 1.165) is 4.47 Å². The molecule has 21 heavy (non-hydrogen) atoms. The third-order valence-electron chi connectivity index (χ3n) is 2.62. The number of aromatic carboxylic acids is 1. The minimum atomic E-state index is -1.10. The average Bonchev–Trinajstić information content (AvgIpc) is 2.48. The number of carbonyl (C=O) groups excluding carboxylic acids is 1. The van der Waals surface area contributed by atoms with E-state index in [1.807, 2.05) is 6.07 Å². The predicted octanol–water partition coefficient (Wildman–Crippen LogP) is 3.16. The maximum absolute atomic E-state index is 11.8. The largest absolute Gasteiger partial charge is 0.483 e. The molecule has 0 aliphatic heterocycles. The summed E-state index contributed by atoms with van der Waals surface area (Å²) in [5, 5.41) is 11.7. The van der Waals surface area contributed by atoms with Gasteiger partial charge in [0.1, 0.15) is 11.3 Å². The molecular formula is C15H12BrNO4. The van der Waals surface area contributed by atoms with Crippen molar-refractivity contribution >= 4 is 33.5 Å². The molecule has 0 radical (unpaired) electrons. The van der Waals surface area contributed by atoms with Crippen LogP contribution in [0.5, 0.6) is 5.75 Å². The van der Waals surface area contributed by atoms with Crippen LogP contribution in [-0.2, 0) is 4.79 Å². The van der Waals surface area contributed by atoms with E-state index in [1.165, 1.54) is 12.1 Å². The second kappa shape index (κ2) is 6.90. The van der Waals surface area contributed by atoms with Gasteiger partial charge in [-0.05, 0) is 40.2 Å². The van der Waals surface area contributed by atoms with Gasteiger partial charge < -0.3 is 15.2 Å². The SMILES string of the molecule is O=C(COc1ccccc1C(=O)O)Nc1ccccc1Br. The van der Waals surface area contributed by atoms with Crippen LogP contribution >= 0.6 is 15.9 Å². The van der Waals surface area contributed by atoms with Crippen LogP contribution in [0.25, 0.3) is 0 Å². The van der Waals surface area contributed by atoms with Gasteiger partial charge >= 0.3 is 5.97 Å². The number of carboxylic acid groups (broad SMARTS) is 1. The Bertz CT molecular complexity index is 672. The summed E-state index contributed by atoms with van der Waals surface area (Å²) < 4.78 is 6.02. The van der Waals surface area contributed by atoms with Gasteiger partial charge in [-0.1, -0.05) is 24.3 Å². The molecule has 0 atom stereocenters. The highest BCUT2D eigenvalue weighted by Crippen LogP contribution is 2.21. The van der Waals surface area contributed by atoms with E-state index in [1.54, 1.807) is 30.3 Å². The average molecular weight is 350 g/mol. The Kier molecular flexibility index (Phi) is 4.94. The van der Waals surface area contributed by atoms with E-state index in [-0.39, 0.29) is 23.8 Å². The molecule has 0 saturated heterocycles. The first-order valence-corrected chi connectivity index (χ1v) is 6.86. The second-order valence-corrected chi connectivity index (χ2v) is 4.97. The minimum Gasteiger partial charge on any atom is -0.483 e. The van der Waals surface area contributed by atoms with Gasteiger partial charge in [-0.25, -0.2) is 4.79 Å². The summed E-state index contributed by atoms with van der Waals surface area (Å²) in [4.78, 5) is 22.8. The molecule has 0 aliphatic rings. The zero-order chi connectivity index (χ0) is 15.2. The summed E-state index contributed by atoms with van der Waals surface area (Å²) in [6, 6.07) is 13.3. The van der Waals surface area contributed by atoms with E-state index in [9.17, 15) is 9.59 Å². The van der Waals surface area contributed by atoms with Crippen LogP contribution in [0.2, 0.25) is 0 Å². The molecule has 5 nitrogen and oxygen atoms in total. The number of para-hydroxylation sites is 2. The van der Waals surface area contributed by atoms with Crippen LogP contribution < -0.4 is 10.1 Å². The molecule has 2 aromatic rings. The van der Waals surface area contributed by atoms with E-state index in [0.29, 0.717) is 5.69 Å². The summed E-state index contributed by atoms with van der Waals surface area (Å²) in [6.45, 7) is -0.272. The van der Waals surface area contributed by atoms with Crippen molar-refractivity contribution in [2.24, 2.45) is 0 Å². The Hall–Kier alpha value is -2.34. The highest BCUT2D eigenvalue weighted by atomic mass is 79.9. The first kappa shape index (κ1) is 15.1. The van der Waals surface area contributed by atoms with Crippen molar-refractivity contribution in [1.29, 1.82) is 0 Å². The lowest BCUT2D eigenvalue weighted by atomic mass is 10.2. The number of amides is 1. The number of carbonyl (C=O) groups is 2. The van der Waals surface area contributed by atoms with Gasteiger partial charge in [0.05, 0.1) is 5.69 Å². The summed E-state index contributed by atoms with van der Waals surface area (Å²) in [7, 11) is 0. The van der Waals surface area contributed by atoms with Crippen LogP contribution in [0.15, 0.2) is 53.0 Å². The van der Waals surface area contributed by atoms with Crippen molar-refractivity contribution in [2.75, 3.05) is 11.9 Å². The number of anilines is 1. The fraction of sp³-hybridized carbons (Fsp3) is 0.0667. The lowest BCUT2D eigenvalue weighted by molar-refractivity contribution is -0.118. The number of ether oxygens (including phenoxy) is 1. The molecule has 0 spiro atoms. The Labute approximate surface area is 129 Å². The molecule has 0 bridgehead atoms. The van der Waals surface area contributed by atoms with E-state index < -0.39 is 5.97 Å². The highest BCUT2D eigenvalue weighted by Gasteiger charge is 2.12. The van der Waals surface area contributed by atoms with E-state index in [2.05, 4.69) is 21.2 Å². The smallest absolute Gasteiger partial charge is 0.339 e. The molecule has 0 aromatic heterocycles. The molecule has 0 heterocycles. The molecule has 0 aliphatic carbocycles. The summed E-state index contributed by atoms with van der Waals surface area (Å²) >= 11 is 3.32. The lowest BCUT2D eigenvalue weighted by Crippen LogP contribution is -2.21. The topological polar surface area (TPSA) is 75.6 Å². The highest BCUT2D eigenvalue weighted by molar-refractivity contribution is 9.10. The number of halogens is 1. The fourth-order valence-electron chi connectivity index (χ4n) is 1.66. The molecule has 1 amide bonds. The van der Waals surface area contributed by atoms with Gasteiger partial charge in [0.25, 0.3) is 5.91 Å². The number of hydrogen-bond acceptors (Lipinski definition) is 3. The zero-order valence-corrected chi connectivity index (χ0v) is 12.5. The van der Waals surface area contributed by atoms with Crippen LogP contribution in [0.1, 0.15) is 10.4 Å². The van der Waals surface area contributed by atoms with Gasteiger partial charge in [0.15, 0.2) is 6.61 Å². The number of carboxylic acids is 1. The Morgan fingerprint density at radius 1 is 1.10 bits per heavy atom. The van der Waals surface area contributed by atoms with Gasteiger partial charge in [-0.3, -0.25) is 4.79 Å². The van der Waals surface area contributed by atoms with Crippen molar-refractivity contribution in [3.63, 3.8) is 0 Å². The molecule has 6 heteroatoms. The second-order valence-electron chi connectivity index (χ2n) is 4.12. The van der Waals surface area contributed by atoms with Gasteiger partial charge in [-0.2, -0.15) is 0 Å². The maximum Gasteiger partial charge on any atom is 0.339 e. The summed E-state index contributed by atoms with van der Waals surface area (Å²) in [6.07, 6.45) is 0. The number of rotatable bonds is 5. The first-order valence-electron chi connectivity index (χ1n) is 6.07. The minimum absolute atomic E-state index is 0.0196. The normalized spacial score (nSPS) is 9.95. The monoisotopic (exact) mass is 349 g/mol. The quantitative estimate of drug-likeness (QED) is 0.869. The summed E-state index contributed by atoms with van der Waals surface area (Å²) in [5.41, 5.74) is 0.642.